The molecular weight excluding hydrogens is 250 g/mol. The topological polar surface area (TPSA) is 60.2 Å². The van der Waals surface area contributed by atoms with Crippen molar-refractivity contribution in [2.75, 3.05) is 18.2 Å². The van der Waals surface area contributed by atoms with Crippen molar-refractivity contribution in [1.29, 1.82) is 0 Å². The summed E-state index contributed by atoms with van der Waals surface area (Å²) in [6.07, 6.45) is 0. The Labute approximate surface area is 111 Å². The second-order valence-corrected chi connectivity index (χ2v) is 4.31. The van der Waals surface area contributed by atoms with E-state index in [-0.39, 0.29) is 0 Å². The highest BCUT2D eigenvalue weighted by atomic mass is 35.5. The molecular formula is C13H14ClN3O. The smallest absolute Gasteiger partial charge is 0.215 e. The van der Waals surface area contributed by atoms with Crippen molar-refractivity contribution < 1.29 is 4.74 Å². The molecule has 0 radical (unpaired) electrons. The Bertz CT molecular complexity index is 572. The van der Waals surface area contributed by atoms with Gasteiger partial charge in [0.05, 0.1) is 12.8 Å². The van der Waals surface area contributed by atoms with Gasteiger partial charge in [0.2, 0.25) is 5.88 Å². The first-order chi connectivity index (χ1) is 8.60. The zero-order valence-corrected chi connectivity index (χ0v) is 11.0. The van der Waals surface area contributed by atoms with Crippen LogP contribution in [0.4, 0.5) is 17.2 Å². The number of nitrogens with zero attached hydrogens (tertiary/aromatic N) is 1. The molecule has 0 aliphatic carbocycles. The summed E-state index contributed by atoms with van der Waals surface area (Å²) in [6.45, 7) is 1.96. The van der Waals surface area contributed by atoms with E-state index in [2.05, 4.69) is 10.3 Å². The number of benzene rings is 1. The number of rotatable bonds is 3. The van der Waals surface area contributed by atoms with Gasteiger partial charge in [-0.1, -0.05) is 11.6 Å². The molecule has 4 nitrogen and oxygen atoms in total. The molecule has 0 aliphatic rings. The molecule has 0 spiro atoms. The SMILES string of the molecule is COc1ccc(N)c(Nc2ccc(Cl)cc2C)n1. The Morgan fingerprint density at radius 1 is 1.28 bits per heavy atom. The second-order valence-electron chi connectivity index (χ2n) is 3.88. The van der Waals surface area contributed by atoms with Gasteiger partial charge >= 0.3 is 0 Å². The molecule has 18 heavy (non-hydrogen) atoms. The molecule has 94 valence electrons. The van der Waals surface area contributed by atoms with Crippen molar-refractivity contribution in [3.05, 3.63) is 40.9 Å². The third kappa shape index (κ3) is 2.65. The number of ether oxygens (including phenoxy) is 1. The quantitative estimate of drug-likeness (QED) is 0.891. The van der Waals surface area contributed by atoms with Crippen molar-refractivity contribution in [3.63, 3.8) is 0 Å². The zero-order chi connectivity index (χ0) is 13.1. The maximum Gasteiger partial charge on any atom is 0.215 e. The van der Waals surface area contributed by atoms with E-state index in [0.717, 1.165) is 11.3 Å². The van der Waals surface area contributed by atoms with Crippen LogP contribution >= 0.6 is 11.6 Å². The van der Waals surface area contributed by atoms with Crippen LogP contribution in [0, 0.1) is 6.92 Å². The lowest BCUT2D eigenvalue weighted by Gasteiger charge is -2.12. The van der Waals surface area contributed by atoms with Crippen LogP contribution in [-0.2, 0) is 0 Å². The van der Waals surface area contributed by atoms with Crippen molar-refractivity contribution in [2.45, 2.75) is 6.92 Å². The molecule has 1 heterocycles. The molecule has 0 amide bonds. The highest BCUT2D eigenvalue weighted by Gasteiger charge is 2.06. The molecule has 2 rings (SSSR count). The van der Waals surface area contributed by atoms with E-state index >= 15 is 0 Å². The van der Waals surface area contributed by atoms with Crippen molar-refractivity contribution in [1.82, 2.24) is 4.98 Å². The molecule has 0 saturated heterocycles. The summed E-state index contributed by atoms with van der Waals surface area (Å²) >= 11 is 5.91. The third-order valence-electron chi connectivity index (χ3n) is 2.55. The van der Waals surface area contributed by atoms with Crippen LogP contribution in [0.1, 0.15) is 5.56 Å². The van der Waals surface area contributed by atoms with Crippen LogP contribution < -0.4 is 15.8 Å². The first kappa shape index (κ1) is 12.5. The fraction of sp³-hybridized carbons (Fsp3) is 0.154. The Balaban J connectivity index is 2.33. The number of pyridine rings is 1. The van der Waals surface area contributed by atoms with Gasteiger partial charge in [-0.3, -0.25) is 0 Å². The number of methoxy groups -OCH3 is 1. The number of nitrogens with two attached hydrogens (primary N) is 1. The lowest BCUT2D eigenvalue weighted by Crippen LogP contribution is -2.01. The summed E-state index contributed by atoms with van der Waals surface area (Å²) in [5.74, 6) is 1.08. The second kappa shape index (κ2) is 5.14. The number of halogens is 1. The summed E-state index contributed by atoms with van der Waals surface area (Å²) in [5, 5.41) is 3.87. The van der Waals surface area contributed by atoms with Gasteiger partial charge in [-0.15, -0.1) is 0 Å². The standard InChI is InChI=1S/C13H14ClN3O/c1-8-7-9(14)3-5-11(8)16-13-10(15)4-6-12(17-13)18-2/h3-7H,15H2,1-2H3,(H,16,17). The highest BCUT2D eigenvalue weighted by molar-refractivity contribution is 6.30. The molecule has 3 N–H and O–H groups in total. The van der Waals surface area contributed by atoms with Crippen LogP contribution in [0.3, 0.4) is 0 Å². The average Bonchev–Trinajstić information content (AvgIpc) is 2.35. The molecule has 0 fully saturated rings. The van der Waals surface area contributed by atoms with Gasteiger partial charge in [-0.05, 0) is 36.8 Å². The van der Waals surface area contributed by atoms with Crippen LogP contribution in [0.25, 0.3) is 0 Å². The number of hydrogen-bond acceptors (Lipinski definition) is 4. The van der Waals surface area contributed by atoms with E-state index in [1.807, 2.05) is 25.1 Å². The molecule has 1 aromatic carbocycles. The molecule has 0 aliphatic heterocycles. The van der Waals surface area contributed by atoms with E-state index in [1.54, 1.807) is 19.2 Å². The van der Waals surface area contributed by atoms with Crippen LogP contribution in [0.15, 0.2) is 30.3 Å². The Morgan fingerprint density at radius 3 is 2.72 bits per heavy atom. The van der Waals surface area contributed by atoms with E-state index in [1.165, 1.54) is 0 Å². The summed E-state index contributed by atoms with van der Waals surface area (Å²) < 4.78 is 5.07. The molecule has 0 unspecified atom stereocenters. The molecule has 0 bridgehead atoms. The number of aromatic nitrogens is 1. The lowest BCUT2D eigenvalue weighted by molar-refractivity contribution is 0.398. The molecule has 1 aromatic heterocycles. The first-order valence-electron chi connectivity index (χ1n) is 5.44. The van der Waals surface area contributed by atoms with Crippen molar-refractivity contribution >= 4 is 28.8 Å². The van der Waals surface area contributed by atoms with Gasteiger partial charge in [0.1, 0.15) is 0 Å². The number of aryl methyl sites for hydroxylation is 1. The minimum atomic E-state index is 0.512. The predicted molar refractivity (Wildman–Crippen MR) is 74.7 cm³/mol. The van der Waals surface area contributed by atoms with E-state index < -0.39 is 0 Å². The Hall–Kier alpha value is -1.94. The number of nitrogens with one attached hydrogen (secondary N) is 1. The largest absolute Gasteiger partial charge is 0.481 e. The van der Waals surface area contributed by atoms with E-state index in [9.17, 15) is 0 Å². The lowest BCUT2D eigenvalue weighted by atomic mass is 10.2. The summed E-state index contributed by atoms with van der Waals surface area (Å²) in [7, 11) is 1.57. The van der Waals surface area contributed by atoms with Gasteiger partial charge in [-0.25, -0.2) is 0 Å². The molecule has 0 saturated carbocycles. The number of anilines is 3. The van der Waals surface area contributed by atoms with Gasteiger partial charge in [0, 0.05) is 16.8 Å². The fourth-order valence-corrected chi connectivity index (χ4v) is 1.79. The average molecular weight is 264 g/mol. The molecule has 2 aromatic rings. The minimum absolute atomic E-state index is 0.512. The van der Waals surface area contributed by atoms with Crippen LogP contribution in [0.2, 0.25) is 5.02 Å². The summed E-state index contributed by atoms with van der Waals surface area (Å²) in [6, 6.07) is 9.04. The highest BCUT2D eigenvalue weighted by Crippen LogP contribution is 2.27. The number of nitrogen functional groups attached to an aromatic ring is 1. The summed E-state index contributed by atoms with van der Waals surface area (Å²) in [4.78, 5) is 4.26. The van der Waals surface area contributed by atoms with Gasteiger partial charge in [0.25, 0.3) is 0 Å². The summed E-state index contributed by atoms with van der Waals surface area (Å²) in [5.41, 5.74) is 8.35. The predicted octanol–water partition coefficient (Wildman–Crippen LogP) is 3.38. The zero-order valence-electron chi connectivity index (χ0n) is 10.2. The van der Waals surface area contributed by atoms with Gasteiger partial charge in [0.15, 0.2) is 5.82 Å². The first-order valence-corrected chi connectivity index (χ1v) is 5.81. The molecule has 5 heteroatoms. The Morgan fingerprint density at radius 2 is 2.06 bits per heavy atom. The normalized spacial score (nSPS) is 10.2. The maximum atomic E-state index is 5.91. The monoisotopic (exact) mass is 263 g/mol. The van der Waals surface area contributed by atoms with Gasteiger partial charge in [-0.2, -0.15) is 4.98 Å². The minimum Gasteiger partial charge on any atom is -0.481 e. The van der Waals surface area contributed by atoms with Gasteiger partial charge < -0.3 is 15.8 Å². The van der Waals surface area contributed by atoms with E-state index in [4.69, 9.17) is 22.1 Å². The van der Waals surface area contributed by atoms with Crippen molar-refractivity contribution in [2.24, 2.45) is 0 Å². The van der Waals surface area contributed by atoms with Crippen molar-refractivity contribution in [3.8, 4) is 5.88 Å². The third-order valence-corrected chi connectivity index (χ3v) is 2.79. The Kier molecular flexibility index (Phi) is 3.58. The van der Waals surface area contributed by atoms with Crippen LogP contribution in [-0.4, -0.2) is 12.1 Å². The maximum absolute atomic E-state index is 5.91. The van der Waals surface area contributed by atoms with E-state index in [0.29, 0.717) is 22.4 Å². The molecule has 0 atom stereocenters. The fourth-order valence-electron chi connectivity index (χ4n) is 1.56. The van der Waals surface area contributed by atoms with Crippen LogP contribution in [0.5, 0.6) is 5.88 Å². The number of hydrogen-bond donors (Lipinski definition) is 2.